The molecule has 3 unspecified atom stereocenters. The number of aromatic hydroxyl groups is 1. The van der Waals surface area contributed by atoms with E-state index in [4.69, 9.17) is 9.72 Å². The fourth-order valence-electron chi connectivity index (χ4n) is 8.04. The van der Waals surface area contributed by atoms with Gasteiger partial charge in [-0.2, -0.15) is 9.78 Å². The number of phenols is 1. The maximum absolute atomic E-state index is 15.1. The normalized spacial score (nSPS) is 25.2. The number of ether oxygens (including phenoxy) is 1. The number of hydrogen-bond acceptors (Lipinski definition) is 8. The zero-order valence-electron chi connectivity index (χ0n) is 23.5. The molecule has 7 heterocycles. The monoisotopic (exact) mass is 570 g/mol. The number of hydrogen-bond donors (Lipinski definition) is 3. The standard InChI is InChI=1S/C32H35FN6O3/c33-26-5-1-4-19-10-22(40)12-27(29(19)26)39-31(41)24-13-28(42-18-32-6-2-8-38(32)9-3-7-32)37-30(25(24)17-36-39)23-11-21-16-34-14-20(23)15-35-21/h1,4-5,10,12-13,17,20-21,23,34-35,40H,2-3,6-9,11,14-16,18H2. The Kier molecular flexibility index (Phi) is 6.20. The van der Waals surface area contributed by atoms with Crippen molar-refractivity contribution < 1.29 is 14.2 Å². The molecule has 5 saturated heterocycles. The second-order valence-electron chi connectivity index (χ2n) is 12.5. The van der Waals surface area contributed by atoms with Gasteiger partial charge in [0.1, 0.15) is 18.2 Å². The number of halogens is 1. The Morgan fingerprint density at radius 2 is 1.95 bits per heavy atom. The highest BCUT2D eigenvalue weighted by molar-refractivity contribution is 5.92. The van der Waals surface area contributed by atoms with Gasteiger partial charge in [-0.3, -0.25) is 9.69 Å². The number of nitrogens with one attached hydrogen (secondary N) is 2. The Morgan fingerprint density at radius 1 is 1.10 bits per heavy atom. The van der Waals surface area contributed by atoms with Gasteiger partial charge >= 0.3 is 0 Å². The van der Waals surface area contributed by atoms with E-state index in [-0.39, 0.29) is 28.3 Å². The van der Waals surface area contributed by atoms with E-state index in [1.165, 1.54) is 35.7 Å². The second-order valence-corrected chi connectivity index (χ2v) is 12.5. The van der Waals surface area contributed by atoms with Crippen LogP contribution >= 0.6 is 0 Å². The van der Waals surface area contributed by atoms with Crippen molar-refractivity contribution in [1.82, 2.24) is 30.3 Å². The lowest BCUT2D eigenvalue weighted by Gasteiger charge is -2.34. The Balaban J connectivity index is 1.28. The maximum atomic E-state index is 15.1. The molecule has 9 nitrogen and oxygen atoms in total. The van der Waals surface area contributed by atoms with Crippen LogP contribution in [0.1, 0.15) is 43.7 Å². The molecular formula is C32H35FN6O3. The SMILES string of the molecule is O=c1c2cc(OCC34CCCN3CCC4)nc(C3CC4CNCC3CN4)c2cnn1-c1cc(O)cc2cccc(F)c12. The van der Waals surface area contributed by atoms with E-state index >= 15 is 4.39 Å². The van der Waals surface area contributed by atoms with Crippen molar-refractivity contribution in [3.63, 3.8) is 0 Å². The largest absolute Gasteiger partial charge is 0.508 e. The van der Waals surface area contributed by atoms with Crippen LogP contribution in [0.15, 0.2) is 47.4 Å². The first-order chi connectivity index (χ1) is 20.5. The lowest BCUT2D eigenvalue weighted by molar-refractivity contribution is 0.110. The van der Waals surface area contributed by atoms with Crippen LogP contribution in [-0.2, 0) is 0 Å². The average Bonchev–Trinajstić information content (AvgIpc) is 3.40. The summed E-state index contributed by atoms with van der Waals surface area (Å²) in [5.74, 6) is 0.361. The number of aromatic nitrogens is 3. The Morgan fingerprint density at radius 3 is 2.81 bits per heavy atom. The summed E-state index contributed by atoms with van der Waals surface area (Å²) in [5, 5.41) is 24.0. The molecule has 5 aliphatic heterocycles. The van der Waals surface area contributed by atoms with Crippen LogP contribution < -0.4 is 20.9 Å². The van der Waals surface area contributed by atoms with Gasteiger partial charge in [0.2, 0.25) is 5.88 Å². The number of pyridine rings is 1. The van der Waals surface area contributed by atoms with Crippen LogP contribution in [0.3, 0.4) is 0 Å². The molecular weight excluding hydrogens is 535 g/mol. The van der Waals surface area contributed by atoms with E-state index in [0.717, 1.165) is 57.7 Å². The number of benzene rings is 2. The minimum atomic E-state index is -0.484. The third-order valence-corrected chi connectivity index (χ3v) is 10.1. The summed E-state index contributed by atoms with van der Waals surface area (Å²) in [6, 6.07) is 9.57. The molecule has 0 amide bonds. The predicted octanol–water partition coefficient (Wildman–Crippen LogP) is 3.45. The molecule has 0 saturated carbocycles. The number of piperidine rings is 1. The van der Waals surface area contributed by atoms with E-state index in [0.29, 0.717) is 40.6 Å². The molecule has 3 N–H and O–H groups in total. The molecule has 9 rings (SSSR count). The lowest BCUT2D eigenvalue weighted by atomic mass is 9.81. The minimum absolute atomic E-state index is 0.0441. The molecule has 42 heavy (non-hydrogen) atoms. The lowest BCUT2D eigenvalue weighted by Crippen LogP contribution is -2.43. The summed E-state index contributed by atoms with van der Waals surface area (Å²) in [6.45, 7) is 5.42. The maximum Gasteiger partial charge on any atom is 0.279 e. The average molecular weight is 571 g/mol. The number of phenolic OH excluding ortho intramolecular Hbond substituents is 1. The number of rotatable bonds is 5. The van der Waals surface area contributed by atoms with Gasteiger partial charge in [0, 0.05) is 48.0 Å². The highest BCUT2D eigenvalue weighted by Gasteiger charge is 2.45. The van der Waals surface area contributed by atoms with E-state index in [9.17, 15) is 9.90 Å². The first-order valence-electron chi connectivity index (χ1n) is 15.2. The van der Waals surface area contributed by atoms with Crippen molar-refractivity contribution in [1.29, 1.82) is 0 Å². The Hall–Kier alpha value is -3.60. The molecule has 218 valence electrons. The summed E-state index contributed by atoms with van der Waals surface area (Å²) >= 11 is 0. The molecule has 3 atom stereocenters. The summed E-state index contributed by atoms with van der Waals surface area (Å²) < 4.78 is 22.8. The summed E-state index contributed by atoms with van der Waals surface area (Å²) in [6.07, 6.45) is 7.17. The van der Waals surface area contributed by atoms with E-state index in [1.807, 2.05) is 0 Å². The molecule has 2 aromatic carbocycles. The van der Waals surface area contributed by atoms with E-state index in [2.05, 4.69) is 20.6 Å². The van der Waals surface area contributed by atoms with Gasteiger partial charge in [0.25, 0.3) is 5.56 Å². The molecule has 4 aromatic rings. The van der Waals surface area contributed by atoms with Gasteiger partial charge in [-0.05, 0) is 75.2 Å². The van der Waals surface area contributed by atoms with Crippen molar-refractivity contribution in [3.05, 3.63) is 64.5 Å². The smallest absolute Gasteiger partial charge is 0.279 e. The second kappa shape index (κ2) is 10.00. The van der Waals surface area contributed by atoms with Gasteiger partial charge in [0.05, 0.1) is 28.5 Å². The van der Waals surface area contributed by atoms with Crippen molar-refractivity contribution in [3.8, 4) is 17.3 Å². The molecule has 5 aliphatic rings. The van der Waals surface area contributed by atoms with Gasteiger partial charge in [-0.1, -0.05) is 12.1 Å². The first kappa shape index (κ1) is 26.1. The topological polar surface area (TPSA) is 105 Å². The van der Waals surface area contributed by atoms with Crippen molar-refractivity contribution in [2.75, 3.05) is 39.3 Å². The van der Waals surface area contributed by atoms with Crippen LogP contribution in [0.4, 0.5) is 4.39 Å². The highest BCUT2D eigenvalue weighted by Crippen LogP contribution is 2.40. The number of nitrogens with zero attached hydrogens (tertiary/aromatic N) is 4. The third-order valence-electron chi connectivity index (χ3n) is 10.1. The summed E-state index contributed by atoms with van der Waals surface area (Å²) in [7, 11) is 0. The van der Waals surface area contributed by atoms with Gasteiger partial charge in [-0.15, -0.1) is 0 Å². The van der Waals surface area contributed by atoms with Crippen LogP contribution in [0.25, 0.3) is 27.2 Å². The van der Waals surface area contributed by atoms with Gasteiger partial charge < -0.3 is 20.5 Å². The zero-order valence-corrected chi connectivity index (χ0v) is 23.5. The quantitative estimate of drug-likeness (QED) is 0.335. The molecule has 2 bridgehead atoms. The molecule has 10 heteroatoms. The predicted molar refractivity (Wildman–Crippen MR) is 158 cm³/mol. The fourth-order valence-corrected chi connectivity index (χ4v) is 8.04. The molecule has 0 radical (unpaired) electrons. The highest BCUT2D eigenvalue weighted by atomic mass is 19.1. The van der Waals surface area contributed by atoms with Gasteiger partial charge in [-0.25, -0.2) is 9.37 Å². The van der Waals surface area contributed by atoms with E-state index in [1.54, 1.807) is 24.4 Å². The molecule has 0 spiro atoms. The van der Waals surface area contributed by atoms with Crippen LogP contribution in [0.2, 0.25) is 0 Å². The summed E-state index contributed by atoms with van der Waals surface area (Å²) in [5.41, 5.74) is 0.693. The Bertz CT molecular complexity index is 1740. The van der Waals surface area contributed by atoms with Crippen molar-refractivity contribution >= 4 is 21.5 Å². The summed E-state index contributed by atoms with van der Waals surface area (Å²) in [4.78, 5) is 21.9. The fraction of sp³-hybridized carbons (Fsp3) is 0.469. The van der Waals surface area contributed by atoms with Crippen molar-refractivity contribution in [2.24, 2.45) is 5.92 Å². The minimum Gasteiger partial charge on any atom is -0.508 e. The molecule has 2 aromatic heterocycles. The van der Waals surface area contributed by atoms with Crippen molar-refractivity contribution in [2.45, 2.75) is 49.6 Å². The van der Waals surface area contributed by atoms with Gasteiger partial charge in [0.15, 0.2) is 0 Å². The Labute approximate surface area is 242 Å². The van der Waals surface area contributed by atoms with Crippen LogP contribution in [-0.4, -0.2) is 75.7 Å². The zero-order chi connectivity index (χ0) is 28.4. The number of fused-ring (bicyclic) bond motifs is 7. The van der Waals surface area contributed by atoms with E-state index < -0.39 is 11.4 Å². The first-order valence-corrected chi connectivity index (χ1v) is 15.2. The third kappa shape index (κ3) is 4.19. The van der Waals surface area contributed by atoms with Crippen LogP contribution in [0, 0.1) is 11.7 Å². The molecule has 0 aliphatic carbocycles. The van der Waals surface area contributed by atoms with Crippen LogP contribution in [0.5, 0.6) is 11.6 Å². The molecule has 5 fully saturated rings.